The van der Waals surface area contributed by atoms with Gasteiger partial charge in [0.1, 0.15) is 0 Å². The molecule has 7 heteroatoms. The van der Waals surface area contributed by atoms with Crippen molar-refractivity contribution >= 4 is 23.0 Å². The molecule has 0 aliphatic carbocycles. The van der Waals surface area contributed by atoms with Crippen molar-refractivity contribution in [3.05, 3.63) is 66.7 Å². The Balaban J connectivity index is 1.87. The van der Waals surface area contributed by atoms with Crippen LogP contribution in [0.4, 0.5) is 30.2 Å². The summed E-state index contributed by atoms with van der Waals surface area (Å²) in [5.74, 6) is -0.272. The van der Waals surface area contributed by atoms with Gasteiger partial charge in [0.15, 0.2) is 0 Å². The Morgan fingerprint density at radius 2 is 1.92 bits per heavy atom. The molecule has 0 aromatic heterocycles. The minimum Gasteiger partial charge on any atom is -0.377 e. The summed E-state index contributed by atoms with van der Waals surface area (Å²) in [7, 11) is 0. The number of alkyl halides is 3. The van der Waals surface area contributed by atoms with Gasteiger partial charge in [-0.05, 0) is 42.5 Å². The molecule has 0 unspecified atom stereocenters. The molecule has 1 atom stereocenters. The standard InChI is InChI=1S/C19H18F3N3O/c1-2-18(26)23-11-14-12-25(17-6-4-3-5-16(17)24-14)15-9-7-13(8-10-15)19(20,21)22/h2-10,14,24H,1,11-12H2,(H,23,26)/t14-/m0/s1. The second-order valence-corrected chi connectivity index (χ2v) is 5.96. The SMILES string of the molecule is C=CC(=O)NC[C@H]1CN(c2ccc(C(F)(F)F)cc2)c2ccccc2N1. The summed E-state index contributed by atoms with van der Waals surface area (Å²) in [6, 6.07) is 12.5. The van der Waals surface area contributed by atoms with E-state index in [1.165, 1.54) is 18.2 Å². The van der Waals surface area contributed by atoms with Gasteiger partial charge in [-0.25, -0.2) is 0 Å². The summed E-state index contributed by atoms with van der Waals surface area (Å²) in [5.41, 5.74) is 1.71. The summed E-state index contributed by atoms with van der Waals surface area (Å²) >= 11 is 0. The number of carbonyl (C=O) groups is 1. The molecular formula is C19H18F3N3O. The molecule has 0 fully saturated rings. The molecule has 1 aliphatic rings. The predicted octanol–water partition coefficient (Wildman–Crippen LogP) is 3.94. The number of hydrogen-bond acceptors (Lipinski definition) is 3. The number of para-hydroxylation sites is 2. The van der Waals surface area contributed by atoms with Gasteiger partial charge in [0.2, 0.25) is 5.91 Å². The van der Waals surface area contributed by atoms with Crippen LogP contribution in [0.5, 0.6) is 0 Å². The smallest absolute Gasteiger partial charge is 0.377 e. The van der Waals surface area contributed by atoms with Gasteiger partial charge in [-0.3, -0.25) is 4.79 Å². The average molecular weight is 361 g/mol. The molecule has 4 nitrogen and oxygen atoms in total. The van der Waals surface area contributed by atoms with Gasteiger partial charge >= 0.3 is 6.18 Å². The normalized spacial score (nSPS) is 16.4. The lowest BCUT2D eigenvalue weighted by Crippen LogP contribution is -2.45. The highest BCUT2D eigenvalue weighted by molar-refractivity contribution is 5.87. The van der Waals surface area contributed by atoms with E-state index in [0.717, 1.165) is 23.5 Å². The highest BCUT2D eigenvalue weighted by atomic mass is 19.4. The van der Waals surface area contributed by atoms with Crippen molar-refractivity contribution in [1.29, 1.82) is 0 Å². The van der Waals surface area contributed by atoms with E-state index in [1.807, 2.05) is 29.2 Å². The lowest BCUT2D eigenvalue weighted by molar-refractivity contribution is -0.137. The summed E-state index contributed by atoms with van der Waals surface area (Å²) in [6.45, 7) is 4.29. The number of nitrogens with zero attached hydrogens (tertiary/aromatic N) is 1. The highest BCUT2D eigenvalue weighted by Crippen LogP contribution is 2.37. The van der Waals surface area contributed by atoms with Crippen LogP contribution in [0.15, 0.2) is 61.2 Å². The number of benzene rings is 2. The molecule has 0 saturated carbocycles. The van der Waals surface area contributed by atoms with Crippen molar-refractivity contribution in [2.45, 2.75) is 12.2 Å². The van der Waals surface area contributed by atoms with Gasteiger partial charge in [0.25, 0.3) is 0 Å². The molecule has 0 radical (unpaired) electrons. The van der Waals surface area contributed by atoms with E-state index in [4.69, 9.17) is 0 Å². The van der Waals surface area contributed by atoms with Crippen LogP contribution in [0.3, 0.4) is 0 Å². The van der Waals surface area contributed by atoms with Gasteiger partial charge in [0.05, 0.1) is 23.0 Å². The summed E-state index contributed by atoms with van der Waals surface area (Å²) in [4.78, 5) is 13.3. The van der Waals surface area contributed by atoms with Crippen LogP contribution in [0.1, 0.15) is 5.56 Å². The fraction of sp³-hybridized carbons (Fsp3) is 0.211. The predicted molar refractivity (Wildman–Crippen MR) is 95.5 cm³/mol. The molecule has 2 N–H and O–H groups in total. The fourth-order valence-corrected chi connectivity index (χ4v) is 2.90. The fourth-order valence-electron chi connectivity index (χ4n) is 2.90. The van der Waals surface area contributed by atoms with Crippen molar-refractivity contribution in [1.82, 2.24) is 5.32 Å². The van der Waals surface area contributed by atoms with Crippen LogP contribution in [0.2, 0.25) is 0 Å². The quantitative estimate of drug-likeness (QED) is 0.811. The Kier molecular flexibility index (Phi) is 4.88. The molecule has 1 amide bonds. The number of halogens is 3. The van der Waals surface area contributed by atoms with E-state index in [2.05, 4.69) is 17.2 Å². The molecule has 2 aromatic carbocycles. The number of hydrogen-bond donors (Lipinski definition) is 2. The number of fused-ring (bicyclic) bond motifs is 1. The van der Waals surface area contributed by atoms with Crippen LogP contribution in [-0.2, 0) is 11.0 Å². The first kappa shape index (κ1) is 17.8. The van der Waals surface area contributed by atoms with E-state index >= 15 is 0 Å². The third-order valence-corrected chi connectivity index (χ3v) is 4.17. The second kappa shape index (κ2) is 7.11. The molecule has 26 heavy (non-hydrogen) atoms. The van der Waals surface area contributed by atoms with Crippen molar-refractivity contribution in [3.8, 4) is 0 Å². The first-order valence-corrected chi connectivity index (χ1v) is 8.09. The molecule has 136 valence electrons. The van der Waals surface area contributed by atoms with E-state index < -0.39 is 11.7 Å². The van der Waals surface area contributed by atoms with Crippen LogP contribution < -0.4 is 15.5 Å². The zero-order valence-corrected chi connectivity index (χ0v) is 13.9. The molecule has 3 rings (SSSR count). The molecule has 0 saturated heterocycles. The minimum atomic E-state index is -4.36. The molecule has 0 bridgehead atoms. The van der Waals surface area contributed by atoms with E-state index in [9.17, 15) is 18.0 Å². The largest absolute Gasteiger partial charge is 0.416 e. The third-order valence-electron chi connectivity index (χ3n) is 4.17. The molecule has 1 heterocycles. The molecule has 2 aromatic rings. The van der Waals surface area contributed by atoms with Crippen LogP contribution in [0.25, 0.3) is 0 Å². The van der Waals surface area contributed by atoms with Gasteiger partial charge in [-0.1, -0.05) is 18.7 Å². The van der Waals surface area contributed by atoms with Crippen molar-refractivity contribution in [3.63, 3.8) is 0 Å². The third kappa shape index (κ3) is 3.82. The van der Waals surface area contributed by atoms with Crippen LogP contribution in [-0.4, -0.2) is 25.0 Å². The molecule has 0 spiro atoms. The Labute approximate surface area is 149 Å². The first-order valence-electron chi connectivity index (χ1n) is 8.09. The van der Waals surface area contributed by atoms with Crippen molar-refractivity contribution in [2.75, 3.05) is 23.3 Å². The Morgan fingerprint density at radius 1 is 1.23 bits per heavy atom. The lowest BCUT2D eigenvalue weighted by Gasteiger charge is -2.37. The highest BCUT2D eigenvalue weighted by Gasteiger charge is 2.31. The maximum absolute atomic E-state index is 12.8. The molecular weight excluding hydrogens is 343 g/mol. The van der Waals surface area contributed by atoms with Crippen LogP contribution >= 0.6 is 0 Å². The Bertz CT molecular complexity index is 802. The van der Waals surface area contributed by atoms with Gasteiger partial charge in [-0.2, -0.15) is 13.2 Å². The summed E-state index contributed by atoms with van der Waals surface area (Å²) in [6.07, 6.45) is -3.16. The number of nitrogens with one attached hydrogen (secondary N) is 2. The van der Waals surface area contributed by atoms with Crippen molar-refractivity contribution in [2.24, 2.45) is 0 Å². The van der Waals surface area contributed by atoms with E-state index in [0.29, 0.717) is 18.8 Å². The zero-order chi connectivity index (χ0) is 18.7. The lowest BCUT2D eigenvalue weighted by atomic mass is 10.1. The van der Waals surface area contributed by atoms with Gasteiger partial charge in [-0.15, -0.1) is 0 Å². The number of rotatable bonds is 4. The number of carbonyl (C=O) groups excluding carboxylic acids is 1. The maximum Gasteiger partial charge on any atom is 0.416 e. The summed E-state index contributed by atoms with van der Waals surface area (Å²) < 4.78 is 38.4. The van der Waals surface area contributed by atoms with Gasteiger partial charge < -0.3 is 15.5 Å². The summed E-state index contributed by atoms with van der Waals surface area (Å²) in [5, 5.41) is 6.08. The van der Waals surface area contributed by atoms with E-state index in [-0.39, 0.29) is 11.9 Å². The zero-order valence-electron chi connectivity index (χ0n) is 13.9. The van der Waals surface area contributed by atoms with E-state index in [1.54, 1.807) is 0 Å². The topological polar surface area (TPSA) is 44.4 Å². The Hall–Kier alpha value is -2.96. The molecule has 1 aliphatic heterocycles. The monoisotopic (exact) mass is 361 g/mol. The second-order valence-electron chi connectivity index (χ2n) is 5.96. The average Bonchev–Trinajstić information content (AvgIpc) is 2.64. The Morgan fingerprint density at radius 3 is 2.58 bits per heavy atom. The number of amides is 1. The maximum atomic E-state index is 12.8. The van der Waals surface area contributed by atoms with Crippen molar-refractivity contribution < 1.29 is 18.0 Å². The van der Waals surface area contributed by atoms with Gasteiger partial charge in [0, 0.05) is 18.8 Å². The minimum absolute atomic E-state index is 0.101. The van der Waals surface area contributed by atoms with Crippen LogP contribution in [0, 0.1) is 0 Å². The first-order chi connectivity index (χ1) is 12.4. The number of anilines is 3.